The maximum Gasteiger partial charge on any atom is 0.346 e. The lowest BCUT2D eigenvalue weighted by molar-refractivity contribution is -0.0963. The number of ether oxygens (including phenoxy) is 2. The molecular weight excluding hydrogens is 186 g/mol. The minimum Gasteiger partial charge on any atom is -0.385 e. The third-order valence-electron chi connectivity index (χ3n) is 1.44. The molecule has 0 bridgehead atoms. The highest BCUT2D eigenvalue weighted by Gasteiger charge is 1.94. The molecule has 6 nitrogen and oxygen atoms in total. The third kappa shape index (κ3) is 4.58. The number of nitrogens with zero attached hydrogens (tertiary/aromatic N) is 1. The van der Waals surface area contributed by atoms with E-state index in [1.165, 1.54) is 12.3 Å². The summed E-state index contributed by atoms with van der Waals surface area (Å²) in [5.74, 6) is 0.338. The Morgan fingerprint density at radius 3 is 2.43 bits per heavy atom. The topological polar surface area (TPSA) is 90.2 Å². The van der Waals surface area contributed by atoms with E-state index in [1.807, 2.05) is 0 Å². The molecule has 2 heterocycles. The number of H-pyrrole nitrogens is 1. The van der Waals surface area contributed by atoms with E-state index in [9.17, 15) is 4.79 Å². The fourth-order valence-electron chi connectivity index (χ4n) is 0.823. The first-order chi connectivity index (χ1) is 6.79. The number of hydrogen-bond acceptors (Lipinski definition) is 5. The average molecular weight is 199 g/mol. The predicted molar refractivity (Wildman–Crippen MR) is 50.7 cm³/mol. The van der Waals surface area contributed by atoms with Crippen molar-refractivity contribution in [1.29, 1.82) is 0 Å². The SMILES string of the molecule is C1COCOC1.Nc1ccnc(=O)[nH]1. The van der Waals surface area contributed by atoms with E-state index in [0.717, 1.165) is 19.6 Å². The zero-order valence-corrected chi connectivity index (χ0v) is 7.73. The summed E-state index contributed by atoms with van der Waals surface area (Å²) in [6.45, 7) is 2.25. The van der Waals surface area contributed by atoms with Crippen LogP contribution >= 0.6 is 0 Å². The second-order valence-corrected chi connectivity index (χ2v) is 2.62. The van der Waals surface area contributed by atoms with Crippen LogP contribution in [0.25, 0.3) is 0 Å². The fraction of sp³-hybridized carbons (Fsp3) is 0.500. The zero-order chi connectivity index (χ0) is 10.2. The van der Waals surface area contributed by atoms with Gasteiger partial charge in [0.15, 0.2) is 0 Å². The number of anilines is 1. The molecule has 78 valence electrons. The Labute approximate surface area is 81.1 Å². The summed E-state index contributed by atoms with van der Waals surface area (Å²) in [6.07, 6.45) is 2.41. The van der Waals surface area contributed by atoms with Crippen LogP contribution in [0.3, 0.4) is 0 Å². The highest BCUT2D eigenvalue weighted by molar-refractivity contribution is 5.22. The van der Waals surface area contributed by atoms with Crippen molar-refractivity contribution >= 4 is 5.82 Å². The molecule has 1 saturated heterocycles. The maximum atomic E-state index is 10.2. The predicted octanol–water partition coefficient (Wildman–Crippen LogP) is -0.267. The van der Waals surface area contributed by atoms with Crippen LogP contribution < -0.4 is 11.4 Å². The van der Waals surface area contributed by atoms with Gasteiger partial charge in [0.25, 0.3) is 0 Å². The largest absolute Gasteiger partial charge is 0.385 e. The smallest absolute Gasteiger partial charge is 0.346 e. The molecule has 0 saturated carbocycles. The number of nitrogens with one attached hydrogen (secondary N) is 1. The summed E-state index contributed by atoms with van der Waals surface area (Å²) in [5.41, 5.74) is 4.75. The lowest BCUT2D eigenvalue weighted by atomic mass is 10.5. The van der Waals surface area contributed by atoms with Gasteiger partial charge < -0.3 is 15.2 Å². The quantitative estimate of drug-likeness (QED) is 0.600. The average Bonchev–Trinajstić information content (AvgIpc) is 2.21. The summed E-state index contributed by atoms with van der Waals surface area (Å²) >= 11 is 0. The Balaban J connectivity index is 0.000000146. The molecule has 1 aliphatic rings. The highest BCUT2D eigenvalue weighted by atomic mass is 16.7. The first-order valence-corrected chi connectivity index (χ1v) is 4.25. The van der Waals surface area contributed by atoms with Crippen LogP contribution in [0.15, 0.2) is 17.1 Å². The van der Waals surface area contributed by atoms with E-state index in [-0.39, 0.29) is 0 Å². The molecular formula is C8H13N3O3. The van der Waals surface area contributed by atoms with Crippen LogP contribution in [0.5, 0.6) is 0 Å². The van der Waals surface area contributed by atoms with Gasteiger partial charge in [0.2, 0.25) is 0 Å². The van der Waals surface area contributed by atoms with Gasteiger partial charge in [0.1, 0.15) is 12.6 Å². The van der Waals surface area contributed by atoms with Gasteiger partial charge in [0, 0.05) is 6.20 Å². The Kier molecular flexibility index (Phi) is 4.66. The first kappa shape index (κ1) is 10.7. The molecule has 14 heavy (non-hydrogen) atoms. The van der Waals surface area contributed by atoms with Crippen molar-refractivity contribution in [1.82, 2.24) is 9.97 Å². The molecule has 6 heteroatoms. The molecule has 0 unspecified atom stereocenters. The number of aromatic amines is 1. The lowest BCUT2D eigenvalue weighted by Gasteiger charge is -2.09. The van der Waals surface area contributed by atoms with Gasteiger partial charge >= 0.3 is 5.69 Å². The molecule has 1 aliphatic heterocycles. The van der Waals surface area contributed by atoms with Crippen molar-refractivity contribution in [2.45, 2.75) is 6.42 Å². The van der Waals surface area contributed by atoms with Gasteiger partial charge in [-0.1, -0.05) is 0 Å². The van der Waals surface area contributed by atoms with Crippen LogP contribution in [-0.4, -0.2) is 30.0 Å². The van der Waals surface area contributed by atoms with Crippen molar-refractivity contribution in [2.24, 2.45) is 0 Å². The van der Waals surface area contributed by atoms with E-state index in [4.69, 9.17) is 15.2 Å². The van der Waals surface area contributed by atoms with Crippen LogP contribution in [0.1, 0.15) is 6.42 Å². The number of rotatable bonds is 0. The number of nitrogen functional groups attached to an aromatic ring is 1. The van der Waals surface area contributed by atoms with Crippen LogP contribution in [0, 0.1) is 0 Å². The molecule has 0 amide bonds. The van der Waals surface area contributed by atoms with Crippen LogP contribution in [0.2, 0.25) is 0 Å². The molecule has 0 atom stereocenters. The molecule has 0 aliphatic carbocycles. The zero-order valence-electron chi connectivity index (χ0n) is 7.73. The van der Waals surface area contributed by atoms with Crippen LogP contribution in [-0.2, 0) is 9.47 Å². The second kappa shape index (κ2) is 6.11. The minimum atomic E-state index is -0.412. The van der Waals surface area contributed by atoms with Gasteiger partial charge in [-0.05, 0) is 12.5 Å². The molecule has 3 N–H and O–H groups in total. The van der Waals surface area contributed by atoms with Crippen molar-refractivity contribution in [3.63, 3.8) is 0 Å². The van der Waals surface area contributed by atoms with Crippen LogP contribution in [0.4, 0.5) is 5.82 Å². The van der Waals surface area contributed by atoms with Gasteiger partial charge in [-0.15, -0.1) is 0 Å². The Morgan fingerprint density at radius 1 is 1.43 bits per heavy atom. The summed E-state index contributed by atoms with van der Waals surface area (Å²) < 4.78 is 9.69. The van der Waals surface area contributed by atoms with Crippen molar-refractivity contribution in [3.8, 4) is 0 Å². The lowest BCUT2D eigenvalue weighted by Crippen LogP contribution is -2.11. The maximum absolute atomic E-state index is 10.2. The summed E-state index contributed by atoms with van der Waals surface area (Å²) in [4.78, 5) is 15.9. The van der Waals surface area contributed by atoms with E-state index < -0.39 is 5.69 Å². The summed E-state index contributed by atoms with van der Waals surface area (Å²) in [7, 11) is 0. The summed E-state index contributed by atoms with van der Waals surface area (Å²) in [5, 5.41) is 0. The molecule has 0 radical (unpaired) electrons. The number of nitrogens with two attached hydrogens (primary N) is 1. The normalized spacial score (nSPS) is 15.4. The summed E-state index contributed by atoms with van der Waals surface area (Å²) in [6, 6.07) is 1.52. The van der Waals surface area contributed by atoms with E-state index >= 15 is 0 Å². The molecule has 1 fully saturated rings. The van der Waals surface area contributed by atoms with Gasteiger partial charge in [-0.2, -0.15) is 0 Å². The Bertz CT molecular complexity index is 297. The van der Waals surface area contributed by atoms with Crippen molar-refractivity contribution in [2.75, 3.05) is 25.7 Å². The Hall–Kier alpha value is -1.40. The van der Waals surface area contributed by atoms with Crippen molar-refractivity contribution < 1.29 is 9.47 Å². The molecule has 1 aromatic heterocycles. The second-order valence-electron chi connectivity index (χ2n) is 2.62. The third-order valence-corrected chi connectivity index (χ3v) is 1.44. The highest BCUT2D eigenvalue weighted by Crippen LogP contribution is 1.91. The van der Waals surface area contributed by atoms with E-state index in [1.54, 1.807) is 0 Å². The molecule has 0 aromatic carbocycles. The number of aromatic nitrogens is 2. The van der Waals surface area contributed by atoms with Gasteiger partial charge in [0.05, 0.1) is 13.2 Å². The monoisotopic (exact) mass is 199 g/mol. The molecule has 0 spiro atoms. The van der Waals surface area contributed by atoms with Crippen molar-refractivity contribution in [3.05, 3.63) is 22.7 Å². The molecule has 1 aromatic rings. The van der Waals surface area contributed by atoms with E-state index in [0.29, 0.717) is 12.6 Å². The standard InChI is InChI=1S/C4H5N3O.C4H8O2/c5-3-1-2-6-4(8)7-3;1-2-5-4-6-3-1/h1-2H,(H3,5,6,7,8);1-4H2. The Morgan fingerprint density at radius 2 is 2.14 bits per heavy atom. The first-order valence-electron chi connectivity index (χ1n) is 4.25. The molecule has 2 rings (SSSR count). The number of hydrogen-bond donors (Lipinski definition) is 2. The van der Waals surface area contributed by atoms with Gasteiger partial charge in [-0.25, -0.2) is 9.78 Å². The van der Waals surface area contributed by atoms with Gasteiger partial charge in [-0.3, -0.25) is 4.98 Å². The van der Waals surface area contributed by atoms with E-state index in [2.05, 4.69) is 9.97 Å². The minimum absolute atomic E-state index is 0.338. The fourth-order valence-corrected chi connectivity index (χ4v) is 0.823.